The molecule has 1 atom stereocenters. The molecule has 0 fully saturated rings. The largest absolute Gasteiger partial charge is 0.406 e. The topological polar surface area (TPSA) is 18.5 Å². The van der Waals surface area contributed by atoms with Gasteiger partial charge in [0.2, 0.25) is 0 Å². The highest BCUT2D eigenvalue weighted by atomic mass is 28.2. The average molecular weight is 190 g/mol. The van der Waals surface area contributed by atoms with Crippen LogP contribution in [-0.4, -0.2) is 23.4 Å². The third-order valence-electron chi connectivity index (χ3n) is 1.85. The Balaban J connectivity index is 3.70. The van der Waals surface area contributed by atoms with Gasteiger partial charge in [-0.3, -0.25) is 0 Å². The van der Waals surface area contributed by atoms with Crippen LogP contribution in [0.5, 0.6) is 0 Å². The van der Waals surface area contributed by atoms with Crippen molar-refractivity contribution in [3.05, 3.63) is 0 Å². The lowest BCUT2D eigenvalue weighted by Crippen LogP contribution is -2.23. The van der Waals surface area contributed by atoms with Gasteiger partial charge in [0.1, 0.15) is 17.3 Å². The minimum absolute atomic E-state index is 0.360. The van der Waals surface area contributed by atoms with Gasteiger partial charge in [0, 0.05) is 0 Å². The molecule has 0 heterocycles. The number of hydrogen-bond donors (Lipinski definition) is 0. The highest BCUT2D eigenvalue weighted by Crippen LogP contribution is 2.15. The molecule has 12 heavy (non-hydrogen) atoms. The molecule has 0 bridgehead atoms. The summed E-state index contributed by atoms with van der Waals surface area (Å²) in [6.07, 6.45) is 1.49. The molecule has 0 N–H and O–H groups in total. The second-order valence-corrected chi connectivity index (χ2v) is 4.56. The van der Waals surface area contributed by atoms with Gasteiger partial charge in [0.25, 0.3) is 0 Å². The fourth-order valence-corrected chi connectivity index (χ4v) is 1.29. The summed E-state index contributed by atoms with van der Waals surface area (Å²) in [7, 11) is 0.764. The van der Waals surface area contributed by atoms with E-state index in [0.29, 0.717) is 24.7 Å². The van der Waals surface area contributed by atoms with Crippen molar-refractivity contribution in [2.75, 3.05) is 6.79 Å². The Bertz CT molecular complexity index is 105. The van der Waals surface area contributed by atoms with Gasteiger partial charge in [-0.25, -0.2) is 0 Å². The number of ether oxygens (including phenoxy) is 1. The fourth-order valence-electron chi connectivity index (χ4n) is 1.15. The van der Waals surface area contributed by atoms with E-state index in [9.17, 15) is 0 Å². The molecule has 0 radical (unpaired) electrons. The average Bonchev–Trinajstić information content (AvgIpc) is 1.96. The maximum atomic E-state index is 5.58. The molecule has 0 aromatic carbocycles. The SMILES string of the molecule is CC(C)CC(OCO[SiH3])C(C)C. The van der Waals surface area contributed by atoms with E-state index < -0.39 is 0 Å². The molecule has 0 rings (SSSR count). The Morgan fingerprint density at radius 2 is 1.75 bits per heavy atom. The number of rotatable bonds is 6. The molecule has 0 aromatic heterocycles. The van der Waals surface area contributed by atoms with Crippen molar-refractivity contribution in [2.24, 2.45) is 11.8 Å². The summed E-state index contributed by atoms with van der Waals surface area (Å²) < 4.78 is 10.6. The predicted molar refractivity (Wildman–Crippen MR) is 55.1 cm³/mol. The Kier molecular flexibility index (Phi) is 6.71. The van der Waals surface area contributed by atoms with Crippen LogP contribution in [0.15, 0.2) is 0 Å². The van der Waals surface area contributed by atoms with Crippen LogP contribution >= 0.6 is 0 Å². The quantitative estimate of drug-likeness (QED) is 0.465. The molecule has 2 nitrogen and oxygen atoms in total. The van der Waals surface area contributed by atoms with Crippen molar-refractivity contribution in [2.45, 2.75) is 40.2 Å². The molecule has 0 amide bonds. The standard InChI is InChI=1S/C9H22O2Si/c1-7(2)5-9(8(3)4)10-6-11-12/h7-9H,5-6H2,1-4,12H3. The molecular formula is C9H22O2Si. The molecule has 0 aliphatic carbocycles. The Hall–Kier alpha value is 0.137. The second-order valence-electron chi connectivity index (χ2n) is 3.99. The summed E-state index contributed by atoms with van der Waals surface area (Å²) in [5.74, 6) is 1.29. The van der Waals surface area contributed by atoms with Gasteiger partial charge < -0.3 is 9.16 Å². The Labute approximate surface area is 79.2 Å². The highest BCUT2D eigenvalue weighted by Gasteiger charge is 2.14. The molecule has 3 heteroatoms. The van der Waals surface area contributed by atoms with Crippen molar-refractivity contribution in [3.63, 3.8) is 0 Å². The van der Waals surface area contributed by atoms with Crippen LogP contribution in [0.3, 0.4) is 0 Å². The summed E-state index contributed by atoms with van der Waals surface area (Å²) in [5, 5.41) is 0. The molecule has 0 spiro atoms. The maximum absolute atomic E-state index is 5.58. The molecule has 0 aliphatic heterocycles. The molecule has 0 aromatic rings. The van der Waals surface area contributed by atoms with E-state index in [4.69, 9.17) is 9.16 Å². The van der Waals surface area contributed by atoms with Gasteiger partial charge in [0.05, 0.1) is 6.10 Å². The number of hydrogen-bond acceptors (Lipinski definition) is 2. The minimum Gasteiger partial charge on any atom is -0.406 e. The van der Waals surface area contributed by atoms with Crippen LogP contribution in [0.1, 0.15) is 34.1 Å². The van der Waals surface area contributed by atoms with Gasteiger partial charge in [-0.1, -0.05) is 27.7 Å². The fraction of sp³-hybridized carbons (Fsp3) is 1.00. The van der Waals surface area contributed by atoms with Gasteiger partial charge in [-0.05, 0) is 18.3 Å². The summed E-state index contributed by atoms with van der Waals surface area (Å²) in [6, 6.07) is 0. The summed E-state index contributed by atoms with van der Waals surface area (Å²) in [4.78, 5) is 0. The van der Waals surface area contributed by atoms with Crippen LogP contribution in [0, 0.1) is 11.8 Å². The van der Waals surface area contributed by atoms with E-state index in [-0.39, 0.29) is 0 Å². The third-order valence-corrected chi connectivity index (χ3v) is 2.08. The molecule has 74 valence electrons. The molecular weight excluding hydrogens is 168 g/mol. The lowest BCUT2D eigenvalue weighted by Gasteiger charge is -2.22. The van der Waals surface area contributed by atoms with Gasteiger partial charge in [0.15, 0.2) is 0 Å². The lowest BCUT2D eigenvalue weighted by molar-refractivity contribution is -0.0602. The molecule has 0 aliphatic rings. The van der Waals surface area contributed by atoms with Crippen LogP contribution in [-0.2, 0) is 9.16 Å². The molecule has 0 saturated heterocycles. The van der Waals surface area contributed by atoms with Crippen molar-refractivity contribution in [1.82, 2.24) is 0 Å². The summed E-state index contributed by atoms with van der Waals surface area (Å²) >= 11 is 0. The lowest BCUT2D eigenvalue weighted by atomic mass is 9.97. The van der Waals surface area contributed by atoms with E-state index >= 15 is 0 Å². The minimum atomic E-state index is 0.360. The zero-order valence-electron chi connectivity index (χ0n) is 8.96. The van der Waals surface area contributed by atoms with E-state index in [1.54, 1.807) is 0 Å². The normalized spacial score (nSPS) is 14.5. The first-order chi connectivity index (χ1) is 5.57. The van der Waals surface area contributed by atoms with Crippen molar-refractivity contribution >= 4 is 10.5 Å². The smallest absolute Gasteiger partial charge is 0.149 e. The Morgan fingerprint density at radius 3 is 2.08 bits per heavy atom. The van der Waals surface area contributed by atoms with E-state index in [0.717, 1.165) is 16.9 Å². The maximum Gasteiger partial charge on any atom is 0.149 e. The summed E-state index contributed by atoms with van der Waals surface area (Å²) in [6.45, 7) is 9.31. The zero-order chi connectivity index (χ0) is 9.56. The first kappa shape index (κ1) is 12.1. The van der Waals surface area contributed by atoms with Crippen LogP contribution < -0.4 is 0 Å². The highest BCUT2D eigenvalue weighted by molar-refractivity contribution is 5.97. The van der Waals surface area contributed by atoms with Gasteiger partial charge in [-0.2, -0.15) is 0 Å². The van der Waals surface area contributed by atoms with Crippen molar-refractivity contribution in [3.8, 4) is 0 Å². The zero-order valence-corrected chi connectivity index (χ0v) is 11.0. The van der Waals surface area contributed by atoms with Crippen molar-refractivity contribution < 1.29 is 9.16 Å². The molecule has 1 unspecified atom stereocenters. The van der Waals surface area contributed by atoms with Gasteiger partial charge in [-0.15, -0.1) is 0 Å². The third kappa shape index (κ3) is 5.74. The van der Waals surface area contributed by atoms with E-state index in [1.807, 2.05) is 0 Å². The first-order valence-electron chi connectivity index (χ1n) is 4.68. The second kappa shape index (κ2) is 6.63. The van der Waals surface area contributed by atoms with Crippen LogP contribution in [0.4, 0.5) is 0 Å². The van der Waals surface area contributed by atoms with Gasteiger partial charge >= 0.3 is 0 Å². The van der Waals surface area contributed by atoms with E-state index in [2.05, 4.69) is 27.7 Å². The monoisotopic (exact) mass is 190 g/mol. The van der Waals surface area contributed by atoms with Crippen LogP contribution in [0.25, 0.3) is 0 Å². The van der Waals surface area contributed by atoms with Crippen molar-refractivity contribution in [1.29, 1.82) is 0 Å². The first-order valence-corrected chi connectivity index (χ1v) is 5.50. The van der Waals surface area contributed by atoms with E-state index in [1.165, 1.54) is 0 Å². The molecule has 0 saturated carbocycles. The Morgan fingerprint density at radius 1 is 1.17 bits per heavy atom. The predicted octanol–water partition coefficient (Wildman–Crippen LogP) is 1.33. The summed E-state index contributed by atoms with van der Waals surface area (Å²) in [5.41, 5.74) is 0. The van der Waals surface area contributed by atoms with Crippen LogP contribution in [0.2, 0.25) is 0 Å².